The van der Waals surface area contributed by atoms with Gasteiger partial charge in [-0.05, 0) is 80.8 Å². The number of methoxy groups -OCH3 is 1. The molecule has 2 saturated heterocycles. The van der Waals surface area contributed by atoms with E-state index in [0.717, 1.165) is 53.4 Å². The summed E-state index contributed by atoms with van der Waals surface area (Å²) in [6, 6.07) is 11.8. The van der Waals surface area contributed by atoms with Gasteiger partial charge in [-0.3, -0.25) is 9.59 Å². The fourth-order valence-corrected chi connectivity index (χ4v) is 6.49. The van der Waals surface area contributed by atoms with E-state index in [1.165, 1.54) is 7.11 Å². The number of carboxylic acid groups (broad SMARTS) is 1. The molecule has 0 unspecified atom stereocenters. The smallest absolute Gasteiger partial charge is 0.407 e. The van der Waals surface area contributed by atoms with Crippen LogP contribution in [0, 0.1) is 11.8 Å². The van der Waals surface area contributed by atoms with E-state index in [0.29, 0.717) is 30.4 Å². The van der Waals surface area contributed by atoms with Crippen LogP contribution in [0.5, 0.6) is 0 Å². The number of hydrogen-bond acceptors (Lipinski definition) is 7. The Morgan fingerprint density at radius 2 is 1.51 bits per heavy atom. The molecule has 0 bridgehead atoms. The van der Waals surface area contributed by atoms with Crippen LogP contribution in [-0.2, 0) is 14.3 Å². The van der Waals surface area contributed by atoms with E-state index in [9.17, 15) is 19.2 Å². The molecule has 4 aromatic rings. The summed E-state index contributed by atoms with van der Waals surface area (Å²) in [7, 11) is 1.26. The molecule has 5 N–H and O–H groups in total. The molecular weight excluding hydrogens is 628 g/mol. The highest BCUT2D eigenvalue weighted by atomic mass is 16.5. The van der Waals surface area contributed by atoms with Gasteiger partial charge >= 0.3 is 12.2 Å². The Labute approximate surface area is 282 Å². The zero-order valence-corrected chi connectivity index (χ0v) is 27.4. The third-order valence-corrected chi connectivity index (χ3v) is 8.96. The monoisotopic (exact) mass is 666 g/mol. The van der Waals surface area contributed by atoms with Crippen molar-refractivity contribution in [2.24, 2.45) is 0 Å². The van der Waals surface area contributed by atoms with Gasteiger partial charge in [0, 0.05) is 24.8 Å². The lowest BCUT2D eigenvalue weighted by atomic mass is 10.0. The van der Waals surface area contributed by atoms with Crippen molar-refractivity contribution in [3.8, 4) is 23.0 Å². The number of nitrogens with zero attached hydrogens (tertiary/aromatic N) is 4. The molecule has 4 amide bonds. The number of H-pyrrole nitrogens is 2. The van der Waals surface area contributed by atoms with E-state index >= 15 is 0 Å². The average Bonchev–Trinajstić information content (AvgIpc) is 3.92. The molecule has 49 heavy (non-hydrogen) atoms. The number of carbonyl (C=O) groups excluding carboxylic acids is 3. The number of aromatic nitrogens is 4. The lowest BCUT2D eigenvalue weighted by molar-refractivity contribution is -0.134. The van der Waals surface area contributed by atoms with E-state index in [1.807, 2.05) is 42.5 Å². The van der Waals surface area contributed by atoms with Gasteiger partial charge in [0.25, 0.3) is 0 Å². The molecule has 254 valence electrons. The number of rotatable bonds is 7. The zero-order valence-electron chi connectivity index (χ0n) is 27.4. The van der Waals surface area contributed by atoms with E-state index < -0.39 is 24.3 Å². The number of ether oxygens (including phenoxy) is 1. The van der Waals surface area contributed by atoms with Gasteiger partial charge in [-0.1, -0.05) is 24.1 Å². The van der Waals surface area contributed by atoms with Crippen molar-refractivity contribution in [3.05, 3.63) is 71.6 Å². The van der Waals surface area contributed by atoms with Gasteiger partial charge < -0.3 is 40.2 Å². The van der Waals surface area contributed by atoms with Crippen LogP contribution < -0.4 is 10.6 Å². The third kappa shape index (κ3) is 7.20. The number of benzene rings is 2. The van der Waals surface area contributed by atoms with Crippen molar-refractivity contribution in [2.75, 3.05) is 20.2 Å². The molecule has 2 aromatic heterocycles. The van der Waals surface area contributed by atoms with Crippen molar-refractivity contribution in [1.82, 2.24) is 40.4 Å². The van der Waals surface area contributed by atoms with Crippen molar-refractivity contribution in [2.45, 2.75) is 63.7 Å². The highest BCUT2D eigenvalue weighted by Crippen LogP contribution is 2.33. The molecule has 2 fully saturated rings. The number of aromatic amines is 2. The SMILES string of the molecule is COC(=O)N[C@@H](C)C(=O)N1CCC[C@H]1c1nc(C#Cc2ccc(-c3ccc4[nH]c([C@@H]5CCCN5C(=O)[C@H](C)NC(=O)O)nc4c3)cc2)c[nH]1. The van der Waals surface area contributed by atoms with Gasteiger partial charge in [-0.25, -0.2) is 19.6 Å². The Balaban J connectivity index is 1.11. The van der Waals surface area contributed by atoms with Gasteiger partial charge in [-0.2, -0.15) is 0 Å². The van der Waals surface area contributed by atoms with Crippen LogP contribution in [0.2, 0.25) is 0 Å². The summed E-state index contributed by atoms with van der Waals surface area (Å²) in [4.78, 5) is 67.9. The first-order valence-corrected chi connectivity index (χ1v) is 16.2. The molecule has 0 saturated carbocycles. The molecule has 4 atom stereocenters. The molecule has 14 nitrogen and oxygen atoms in total. The Bertz CT molecular complexity index is 1940. The maximum absolute atomic E-state index is 13.0. The summed E-state index contributed by atoms with van der Waals surface area (Å²) >= 11 is 0. The normalized spacial score (nSPS) is 18.4. The van der Waals surface area contributed by atoms with E-state index in [4.69, 9.17) is 10.1 Å². The van der Waals surface area contributed by atoms with Crippen LogP contribution in [0.3, 0.4) is 0 Å². The van der Waals surface area contributed by atoms with Crippen LogP contribution in [0.15, 0.2) is 48.7 Å². The molecular formula is C35H38N8O6. The van der Waals surface area contributed by atoms with Gasteiger partial charge in [0.15, 0.2) is 0 Å². The van der Waals surface area contributed by atoms with Crippen molar-refractivity contribution < 1.29 is 29.0 Å². The summed E-state index contributed by atoms with van der Waals surface area (Å²) in [6.45, 7) is 4.30. The first-order valence-electron chi connectivity index (χ1n) is 16.2. The van der Waals surface area contributed by atoms with Crippen molar-refractivity contribution in [1.29, 1.82) is 0 Å². The number of fused-ring (bicyclic) bond motifs is 1. The summed E-state index contributed by atoms with van der Waals surface area (Å²) in [6.07, 6.45) is 2.99. The second-order valence-electron chi connectivity index (χ2n) is 12.3. The minimum absolute atomic E-state index is 0.196. The highest BCUT2D eigenvalue weighted by Gasteiger charge is 2.36. The number of nitrogens with one attached hydrogen (secondary N) is 4. The Kier molecular flexibility index (Phi) is 9.52. The number of amides is 4. The van der Waals surface area contributed by atoms with Crippen LogP contribution in [-0.4, -0.2) is 91.1 Å². The minimum atomic E-state index is -1.23. The quantitative estimate of drug-likeness (QED) is 0.183. The molecule has 0 spiro atoms. The fourth-order valence-electron chi connectivity index (χ4n) is 6.49. The second kappa shape index (κ2) is 14.1. The number of likely N-dealkylation sites (tertiary alicyclic amines) is 2. The molecule has 2 aromatic carbocycles. The van der Waals surface area contributed by atoms with E-state index in [2.05, 4.69) is 42.2 Å². The average molecular weight is 667 g/mol. The molecule has 6 rings (SSSR count). The minimum Gasteiger partial charge on any atom is -0.465 e. The Morgan fingerprint density at radius 3 is 2.16 bits per heavy atom. The summed E-state index contributed by atoms with van der Waals surface area (Å²) < 4.78 is 4.61. The first-order chi connectivity index (χ1) is 23.6. The van der Waals surface area contributed by atoms with E-state index in [-0.39, 0.29) is 23.9 Å². The highest BCUT2D eigenvalue weighted by molar-refractivity contribution is 5.87. The zero-order chi connectivity index (χ0) is 34.7. The van der Waals surface area contributed by atoms with E-state index in [1.54, 1.807) is 29.8 Å². The van der Waals surface area contributed by atoms with Crippen molar-refractivity contribution in [3.63, 3.8) is 0 Å². The predicted molar refractivity (Wildman–Crippen MR) is 179 cm³/mol. The van der Waals surface area contributed by atoms with Crippen LogP contribution in [0.25, 0.3) is 22.2 Å². The number of hydrogen-bond donors (Lipinski definition) is 5. The number of carbonyl (C=O) groups is 4. The standard InChI is InChI=1S/C35H38N8O6/c1-20(37-34(46)47)32(44)43-17-5-7-29(43)31-40-26-15-13-24(18-27(26)41-31)23-11-8-22(9-12-23)10-14-25-19-36-30(39-25)28-6-4-16-42(28)33(45)21(2)38-35(48)49-3/h8-9,11-13,15,18-21,28-29,37H,4-7,16-17H2,1-3H3,(H,36,39)(H,38,48)(H,40,41)(H,46,47)/t20-,21-,28-,29-/m0/s1. The lowest BCUT2D eigenvalue weighted by Gasteiger charge is -2.26. The second-order valence-corrected chi connectivity index (χ2v) is 12.3. The van der Waals surface area contributed by atoms with Crippen LogP contribution >= 0.6 is 0 Å². The first kappa shape index (κ1) is 33.1. The van der Waals surface area contributed by atoms with Gasteiger partial charge in [0.1, 0.15) is 29.4 Å². The third-order valence-electron chi connectivity index (χ3n) is 8.96. The van der Waals surface area contributed by atoms with Crippen LogP contribution in [0.4, 0.5) is 9.59 Å². The van der Waals surface area contributed by atoms with Crippen LogP contribution in [0.1, 0.15) is 74.5 Å². The largest absolute Gasteiger partial charge is 0.465 e. The molecule has 0 radical (unpaired) electrons. The Hall–Kier alpha value is -5.84. The summed E-state index contributed by atoms with van der Waals surface area (Å²) in [5.41, 5.74) is 4.98. The molecule has 4 heterocycles. The maximum Gasteiger partial charge on any atom is 0.407 e. The summed E-state index contributed by atoms with van der Waals surface area (Å²) in [5.74, 6) is 7.14. The van der Waals surface area contributed by atoms with Gasteiger partial charge in [0.05, 0.1) is 30.2 Å². The Morgan fingerprint density at radius 1 is 0.878 bits per heavy atom. The molecule has 14 heteroatoms. The van der Waals surface area contributed by atoms with Gasteiger partial charge in [0.2, 0.25) is 11.8 Å². The molecule has 2 aliphatic heterocycles. The topological polar surface area (TPSA) is 186 Å². The lowest BCUT2D eigenvalue weighted by Crippen LogP contribution is -2.46. The molecule has 2 aliphatic rings. The molecule has 0 aliphatic carbocycles. The van der Waals surface area contributed by atoms with Gasteiger partial charge in [-0.15, -0.1) is 0 Å². The summed E-state index contributed by atoms with van der Waals surface area (Å²) in [5, 5.41) is 13.8. The fraction of sp³-hybridized carbons (Fsp3) is 0.371. The number of alkyl carbamates (subject to hydrolysis) is 1. The van der Waals surface area contributed by atoms with Crippen molar-refractivity contribution >= 4 is 35.0 Å². The maximum atomic E-state index is 13.0. The predicted octanol–water partition coefficient (Wildman–Crippen LogP) is 4.08. The number of imidazole rings is 2.